The van der Waals surface area contributed by atoms with Crippen LogP contribution in [-0.2, 0) is 9.59 Å². The van der Waals surface area contributed by atoms with Crippen LogP contribution in [0.25, 0.3) is 0 Å². The van der Waals surface area contributed by atoms with Gasteiger partial charge in [0.2, 0.25) is 11.8 Å². The average Bonchev–Trinajstić information content (AvgIpc) is 2.52. The lowest BCUT2D eigenvalue weighted by Gasteiger charge is -2.18. The second kappa shape index (κ2) is 10.5. The molecule has 0 unspecified atom stereocenters. The highest BCUT2D eigenvalue weighted by molar-refractivity contribution is 5.84. The molecule has 6 heteroatoms. The first kappa shape index (κ1) is 19.8. The Morgan fingerprint density at radius 2 is 1.71 bits per heavy atom. The molecule has 1 N–H and O–H groups in total. The fourth-order valence-electron chi connectivity index (χ4n) is 2.07. The standard InChI is InChI=1S/C18H28N2O4/c1-5-23-15-8-10-16(11-9-15)24-12-6-7-18(22)20(4)13-17(21)19-14(2)3/h8-11,14H,5-7,12-13H2,1-4H3,(H,19,21). The van der Waals surface area contributed by atoms with Gasteiger partial charge in [0, 0.05) is 19.5 Å². The number of likely N-dealkylation sites (N-methyl/N-ethyl adjacent to an activating group) is 1. The number of hydrogen-bond donors (Lipinski definition) is 1. The van der Waals surface area contributed by atoms with Gasteiger partial charge in [0.15, 0.2) is 0 Å². The summed E-state index contributed by atoms with van der Waals surface area (Å²) in [6.07, 6.45) is 0.949. The van der Waals surface area contributed by atoms with Crippen molar-refractivity contribution in [3.8, 4) is 11.5 Å². The predicted octanol–water partition coefficient (Wildman–Crippen LogP) is 2.23. The lowest BCUT2D eigenvalue weighted by atomic mass is 10.3. The zero-order chi connectivity index (χ0) is 17.9. The van der Waals surface area contributed by atoms with Crippen molar-refractivity contribution in [1.29, 1.82) is 0 Å². The third-order valence-electron chi connectivity index (χ3n) is 3.19. The molecule has 2 amide bonds. The van der Waals surface area contributed by atoms with E-state index >= 15 is 0 Å². The Morgan fingerprint density at radius 3 is 2.25 bits per heavy atom. The summed E-state index contributed by atoms with van der Waals surface area (Å²) in [7, 11) is 1.63. The molecule has 134 valence electrons. The summed E-state index contributed by atoms with van der Waals surface area (Å²) in [5.74, 6) is 1.34. The molecule has 0 saturated carbocycles. The molecule has 0 aliphatic carbocycles. The molecular weight excluding hydrogens is 308 g/mol. The van der Waals surface area contributed by atoms with Gasteiger partial charge in [-0.3, -0.25) is 9.59 Å². The molecule has 1 aromatic carbocycles. The number of benzene rings is 1. The first-order valence-electron chi connectivity index (χ1n) is 8.31. The lowest BCUT2D eigenvalue weighted by Crippen LogP contribution is -2.40. The fourth-order valence-corrected chi connectivity index (χ4v) is 2.07. The Balaban J connectivity index is 2.23. The van der Waals surface area contributed by atoms with E-state index in [1.165, 1.54) is 4.90 Å². The maximum atomic E-state index is 12.0. The van der Waals surface area contributed by atoms with Crippen molar-refractivity contribution in [3.05, 3.63) is 24.3 Å². The highest BCUT2D eigenvalue weighted by Gasteiger charge is 2.13. The van der Waals surface area contributed by atoms with Crippen molar-refractivity contribution in [2.75, 3.05) is 26.8 Å². The largest absolute Gasteiger partial charge is 0.494 e. The van der Waals surface area contributed by atoms with E-state index in [0.717, 1.165) is 11.5 Å². The van der Waals surface area contributed by atoms with Crippen molar-refractivity contribution in [3.63, 3.8) is 0 Å². The van der Waals surface area contributed by atoms with Crippen molar-refractivity contribution in [1.82, 2.24) is 10.2 Å². The average molecular weight is 336 g/mol. The van der Waals surface area contributed by atoms with Crippen LogP contribution in [0.15, 0.2) is 24.3 Å². The highest BCUT2D eigenvalue weighted by Crippen LogP contribution is 2.17. The zero-order valence-corrected chi connectivity index (χ0v) is 15.0. The number of carbonyl (C=O) groups excluding carboxylic acids is 2. The summed E-state index contributed by atoms with van der Waals surface area (Å²) >= 11 is 0. The molecule has 1 aromatic rings. The van der Waals surface area contributed by atoms with Crippen molar-refractivity contribution < 1.29 is 19.1 Å². The van der Waals surface area contributed by atoms with E-state index in [0.29, 0.717) is 26.1 Å². The number of rotatable bonds is 10. The Labute approximate surface area is 144 Å². The SMILES string of the molecule is CCOc1ccc(OCCCC(=O)N(C)CC(=O)NC(C)C)cc1. The summed E-state index contributed by atoms with van der Waals surface area (Å²) in [5, 5.41) is 2.76. The summed E-state index contributed by atoms with van der Waals surface area (Å²) in [6.45, 7) is 6.87. The van der Waals surface area contributed by atoms with Crippen LogP contribution in [0.5, 0.6) is 11.5 Å². The van der Waals surface area contributed by atoms with Crippen LogP contribution in [-0.4, -0.2) is 49.6 Å². The van der Waals surface area contributed by atoms with Crippen LogP contribution >= 0.6 is 0 Å². The first-order valence-corrected chi connectivity index (χ1v) is 8.31. The highest BCUT2D eigenvalue weighted by atomic mass is 16.5. The van der Waals surface area contributed by atoms with Crippen LogP contribution in [0.2, 0.25) is 0 Å². The quantitative estimate of drug-likeness (QED) is 0.665. The minimum atomic E-state index is -0.147. The molecule has 0 aromatic heterocycles. The van der Waals surface area contributed by atoms with Crippen LogP contribution < -0.4 is 14.8 Å². The predicted molar refractivity (Wildman–Crippen MR) is 93.3 cm³/mol. The Bertz CT molecular complexity index is 514. The Morgan fingerprint density at radius 1 is 1.12 bits per heavy atom. The van der Waals surface area contributed by atoms with Gasteiger partial charge in [0.1, 0.15) is 11.5 Å². The Hall–Kier alpha value is -2.24. The normalized spacial score (nSPS) is 10.4. The minimum absolute atomic E-state index is 0.0656. The molecule has 0 atom stereocenters. The van der Waals surface area contributed by atoms with Crippen molar-refractivity contribution >= 4 is 11.8 Å². The molecule has 0 aliphatic rings. The van der Waals surface area contributed by atoms with Crippen molar-refractivity contribution in [2.24, 2.45) is 0 Å². The molecule has 0 aliphatic heterocycles. The number of ether oxygens (including phenoxy) is 2. The number of carbonyl (C=O) groups is 2. The van der Waals surface area contributed by atoms with Gasteiger partial charge in [-0.25, -0.2) is 0 Å². The number of nitrogens with one attached hydrogen (secondary N) is 1. The molecule has 0 heterocycles. The zero-order valence-electron chi connectivity index (χ0n) is 15.0. The summed E-state index contributed by atoms with van der Waals surface area (Å²) in [6, 6.07) is 7.46. The monoisotopic (exact) mass is 336 g/mol. The van der Waals surface area contributed by atoms with Gasteiger partial charge in [-0.15, -0.1) is 0 Å². The smallest absolute Gasteiger partial charge is 0.239 e. The van der Waals surface area contributed by atoms with Crippen LogP contribution in [0.3, 0.4) is 0 Å². The maximum absolute atomic E-state index is 12.0. The van der Waals surface area contributed by atoms with Gasteiger partial charge in [0.25, 0.3) is 0 Å². The van der Waals surface area contributed by atoms with E-state index in [-0.39, 0.29) is 24.4 Å². The number of hydrogen-bond acceptors (Lipinski definition) is 4. The molecule has 0 fully saturated rings. The van der Waals surface area contributed by atoms with E-state index in [2.05, 4.69) is 5.32 Å². The van der Waals surface area contributed by atoms with Crippen LogP contribution in [0.1, 0.15) is 33.6 Å². The molecule has 0 bridgehead atoms. The molecule has 0 saturated heterocycles. The third-order valence-corrected chi connectivity index (χ3v) is 3.19. The molecule has 6 nitrogen and oxygen atoms in total. The summed E-state index contributed by atoms with van der Waals surface area (Å²) in [5.41, 5.74) is 0. The second-order valence-corrected chi connectivity index (χ2v) is 5.83. The second-order valence-electron chi connectivity index (χ2n) is 5.83. The minimum Gasteiger partial charge on any atom is -0.494 e. The van der Waals surface area contributed by atoms with Gasteiger partial charge in [-0.1, -0.05) is 0 Å². The van der Waals surface area contributed by atoms with Gasteiger partial charge >= 0.3 is 0 Å². The van der Waals surface area contributed by atoms with Gasteiger partial charge in [-0.05, 0) is 51.5 Å². The maximum Gasteiger partial charge on any atom is 0.239 e. The van der Waals surface area contributed by atoms with Gasteiger partial charge < -0.3 is 19.7 Å². The summed E-state index contributed by atoms with van der Waals surface area (Å²) < 4.78 is 11.0. The van der Waals surface area contributed by atoms with E-state index in [9.17, 15) is 9.59 Å². The topological polar surface area (TPSA) is 67.9 Å². The van der Waals surface area contributed by atoms with Crippen LogP contribution in [0, 0.1) is 0 Å². The molecule has 0 radical (unpaired) electrons. The molecule has 1 rings (SSSR count). The van der Waals surface area contributed by atoms with Gasteiger partial charge in [0.05, 0.1) is 19.8 Å². The van der Waals surface area contributed by atoms with E-state index < -0.39 is 0 Å². The summed E-state index contributed by atoms with van der Waals surface area (Å²) in [4.78, 5) is 25.0. The van der Waals surface area contributed by atoms with E-state index in [1.54, 1.807) is 7.05 Å². The fraction of sp³-hybridized carbons (Fsp3) is 0.556. The number of amides is 2. The number of nitrogens with zero attached hydrogens (tertiary/aromatic N) is 1. The Kier molecular flexibility index (Phi) is 8.68. The molecule has 0 spiro atoms. The molecule has 24 heavy (non-hydrogen) atoms. The van der Waals surface area contributed by atoms with Gasteiger partial charge in [-0.2, -0.15) is 0 Å². The van der Waals surface area contributed by atoms with E-state index in [4.69, 9.17) is 9.47 Å². The first-order chi connectivity index (χ1) is 11.4. The lowest BCUT2D eigenvalue weighted by molar-refractivity contribution is -0.135. The van der Waals surface area contributed by atoms with Crippen LogP contribution in [0.4, 0.5) is 0 Å². The molecular formula is C18H28N2O4. The van der Waals surface area contributed by atoms with E-state index in [1.807, 2.05) is 45.0 Å². The third kappa shape index (κ3) is 7.85. The van der Waals surface area contributed by atoms with Crippen molar-refractivity contribution in [2.45, 2.75) is 39.7 Å².